The van der Waals surface area contributed by atoms with Crippen molar-refractivity contribution in [3.05, 3.63) is 17.6 Å². The van der Waals surface area contributed by atoms with Crippen LogP contribution < -0.4 is 5.73 Å². The molecule has 0 spiro atoms. The van der Waals surface area contributed by atoms with E-state index >= 15 is 0 Å². The first kappa shape index (κ1) is 15.2. The van der Waals surface area contributed by atoms with Crippen LogP contribution in [0.1, 0.15) is 18.3 Å². The van der Waals surface area contributed by atoms with Crippen LogP contribution in [0.2, 0.25) is 0 Å². The first-order valence-electron chi connectivity index (χ1n) is 4.82. The maximum Gasteiger partial charge on any atom is 0.476 e. The molecular formula is C7H13N3O6P2. The normalized spacial score (nSPS) is 15.3. The summed E-state index contributed by atoms with van der Waals surface area (Å²) in [6, 6.07) is 0. The van der Waals surface area contributed by atoms with E-state index in [0.717, 1.165) is 0 Å². The fourth-order valence-corrected chi connectivity index (χ4v) is 3.40. The van der Waals surface area contributed by atoms with Crippen molar-refractivity contribution >= 4 is 21.2 Å². The molecule has 0 saturated carbocycles. The smallest absolute Gasteiger partial charge is 0.383 e. The van der Waals surface area contributed by atoms with Crippen molar-refractivity contribution in [3.8, 4) is 0 Å². The van der Waals surface area contributed by atoms with Crippen LogP contribution in [0.4, 0.5) is 5.82 Å². The Hall–Kier alpha value is -0.820. The summed E-state index contributed by atoms with van der Waals surface area (Å²) in [4.78, 5) is 34.0. The fourth-order valence-electron chi connectivity index (χ4n) is 1.16. The molecule has 0 amide bonds. The maximum absolute atomic E-state index is 11.4. The Labute approximate surface area is 103 Å². The Morgan fingerprint density at radius 1 is 1.39 bits per heavy atom. The molecule has 0 aliphatic heterocycles. The topological polar surface area (TPSA) is 156 Å². The Morgan fingerprint density at radius 2 is 2.00 bits per heavy atom. The van der Waals surface area contributed by atoms with E-state index in [9.17, 15) is 14.0 Å². The van der Waals surface area contributed by atoms with Crippen molar-refractivity contribution in [1.82, 2.24) is 9.97 Å². The van der Waals surface area contributed by atoms with Crippen LogP contribution >= 0.6 is 15.4 Å². The molecule has 1 heterocycles. The molecule has 1 aromatic rings. The van der Waals surface area contributed by atoms with Gasteiger partial charge in [0.15, 0.2) is 0 Å². The third-order valence-electron chi connectivity index (χ3n) is 1.87. The van der Waals surface area contributed by atoms with Gasteiger partial charge in [0, 0.05) is 18.2 Å². The lowest BCUT2D eigenvalue weighted by Gasteiger charge is -2.13. The zero-order valence-corrected chi connectivity index (χ0v) is 11.2. The predicted molar refractivity (Wildman–Crippen MR) is 62.5 cm³/mol. The molecule has 18 heavy (non-hydrogen) atoms. The number of aromatic nitrogens is 2. The molecule has 1 unspecified atom stereocenters. The molecular weight excluding hydrogens is 284 g/mol. The second-order valence-corrected chi connectivity index (χ2v) is 6.64. The van der Waals surface area contributed by atoms with Gasteiger partial charge in [-0.3, -0.25) is 4.57 Å². The number of nitrogens with zero attached hydrogens (tertiary/aromatic N) is 2. The van der Waals surface area contributed by atoms with E-state index in [1.54, 1.807) is 0 Å². The van der Waals surface area contributed by atoms with Gasteiger partial charge in [0.2, 0.25) is 0 Å². The van der Waals surface area contributed by atoms with E-state index in [2.05, 4.69) is 14.3 Å². The van der Waals surface area contributed by atoms with Gasteiger partial charge in [-0.05, 0) is 0 Å². The Morgan fingerprint density at radius 3 is 2.44 bits per heavy atom. The quantitative estimate of drug-likeness (QED) is 0.565. The number of nitrogens with two attached hydrogens (primary N) is 1. The number of aryl methyl sites for hydroxylation is 1. The standard InChI is InChI=1S/C7H13N3O6P2/c1-2-6-9-3-5(7(8)10-6)4-17(11,12)16-18(13,14)15/h3H,2,4H2,1H3,(H,11,12)(H2,8,9,10)(H2,13,14,15). The molecule has 11 heteroatoms. The van der Waals surface area contributed by atoms with Gasteiger partial charge in [-0.15, -0.1) is 0 Å². The van der Waals surface area contributed by atoms with E-state index in [0.29, 0.717) is 12.2 Å². The van der Waals surface area contributed by atoms with Crippen LogP contribution in [0.5, 0.6) is 0 Å². The second kappa shape index (κ2) is 5.44. The minimum Gasteiger partial charge on any atom is -0.383 e. The molecule has 0 aromatic carbocycles. The van der Waals surface area contributed by atoms with Gasteiger partial charge in [-0.25, -0.2) is 18.8 Å². The third-order valence-corrected chi connectivity index (χ3v) is 4.48. The molecule has 9 nitrogen and oxygen atoms in total. The van der Waals surface area contributed by atoms with Gasteiger partial charge in [-0.1, -0.05) is 6.92 Å². The summed E-state index contributed by atoms with van der Waals surface area (Å²) in [6.45, 7) is 1.81. The second-order valence-electron chi connectivity index (χ2n) is 3.42. The van der Waals surface area contributed by atoms with E-state index in [1.165, 1.54) is 6.20 Å². The van der Waals surface area contributed by atoms with Crippen LogP contribution in [-0.2, 0) is 26.0 Å². The molecule has 1 atom stereocenters. The summed E-state index contributed by atoms with van der Waals surface area (Å²) in [5.74, 6) is 0.436. The van der Waals surface area contributed by atoms with E-state index in [-0.39, 0.29) is 11.4 Å². The summed E-state index contributed by atoms with van der Waals surface area (Å²) >= 11 is 0. The minimum absolute atomic E-state index is 0.0227. The molecule has 102 valence electrons. The molecule has 5 N–H and O–H groups in total. The average molecular weight is 297 g/mol. The van der Waals surface area contributed by atoms with E-state index in [4.69, 9.17) is 15.5 Å². The molecule has 0 aliphatic carbocycles. The summed E-state index contributed by atoms with van der Waals surface area (Å²) in [5, 5.41) is 0. The number of anilines is 1. The van der Waals surface area contributed by atoms with Gasteiger partial charge >= 0.3 is 15.4 Å². The van der Waals surface area contributed by atoms with Crippen LogP contribution in [0.3, 0.4) is 0 Å². The molecule has 0 radical (unpaired) electrons. The van der Waals surface area contributed by atoms with Gasteiger partial charge in [-0.2, -0.15) is 0 Å². The number of hydrogen-bond donors (Lipinski definition) is 4. The molecule has 0 bridgehead atoms. The molecule has 1 aromatic heterocycles. The van der Waals surface area contributed by atoms with Crippen molar-refractivity contribution in [3.63, 3.8) is 0 Å². The minimum atomic E-state index is -5.05. The Kier molecular flexibility index (Phi) is 4.61. The number of hydrogen-bond acceptors (Lipinski definition) is 6. The summed E-state index contributed by atoms with van der Waals surface area (Å²) in [7, 11) is -9.56. The molecule has 0 saturated heterocycles. The molecule has 0 aliphatic rings. The zero-order valence-electron chi connectivity index (χ0n) is 9.42. The van der Waals surface area contributed by atoms with Gasteiger partial charge < -0.3 is 20.4 Å². The third kappa shape index (κ3) is 4.81. The van der Waals surface area contributed by atoms with Gasteiger partial charge in [0.25, 0.3) is 0 Å². The van der Waals surface area contributed by atoms with Crippen molar-refractivity contribution in [1.29, 1.82) is 0 Å². The maximum atomic E-state index is 11.4. The predicted octanol–water partition coefficient (Wildman–Crippen LogP) is 0.416. The summed E-state index contributed by atoms with van der Waals surface area (Å²) in [6.07, 6.45) is 1.10. The zero-order chi connectivity index (χ0) is 14.0. The lowest BCUT2D eigenvalue weighted by Crippen LogP contribution is -2.04. The molecule has 0 fully saturated rings. The highest BCUT2D eigenvalue weighted by Gasteiger charge is 2.31. The fraction of sp³-hybridized carbons (Fsp3) is 0.429. The van der Waals surface area contributed by atoms with E-state index in [1.807, 2.05) is 6.92 Å². The summed E-state index contributed by atoms with van der Waals surface area (Å²) < 4.78 is 25.7. The van der Waals surface area contributed by atoms with Gasteiger partial charge in [0.05, 0.1) is 6.16 Å². The van der Waals surface area contributed by atoms with Crippen molar-refractivity contribution < 1.29 is 28.1 Å². The first-order valence-corrected chi connectivity index (χ1v) is 8.11. The monoisotopic (exact) mass is 297 g/mol. The highest BCUT2D eigenvalue weighted by atomic mass is 31.3. The lowest BCUT2D eigenvalue weighted by molar-refractivity contribution is 0.263. The molecule has 1 rings (SSSR count). The number of rotatable bonds is 5. The van der Waals surface area contributed by atoms with Crippen molar-refractivity contribution in [2.75, 3.05) is 5.73 Å². The van der Waals surface area contributed by atoms with Crippen molar-refractivity contribution in [2.45, 2.75) is 19.5 Å². The number of phosphoric acid groups is 1. The first-order chi connectivity index (χ1) is 8.13. The van der Waals surface area contributed by atoms with E-state index < -0.39 is 21.6 Å². The Bertz CT molecular complexity index is 530. The van der Waals surface area contributed by atoms with Crippen molar-refractivity contribution in [2.24, 2.45) is 0 Å². The highest BCUT2D eigenvalue weighted by molar-refractivity contribution is 7.63. The Balaban J connectivity index is 2.91. The van der Waals surface area contributed by atoms with Crippen LogP contribution in [0, 0.1) is 0 Å². The van der Waals surface area contributed by atoms with Gasteiger partial charge in [0.1, 0.15) is 11.6 Å². The SMILES string of the molecule is CCc1ncc(CP(=O)(O)OP(=O)(O)O)c(N)n1. The number of nitrogen functional groups attached to an aromatic ring is 1. The summed E-state index contributed by atoms with van der Waals surface area (Å²) in [5.41, 5.74) is 5.62. The highest BCUT2D eigenvalue weighted by Crippen LogP contribution is 2.58. The largest absolute Gasteiger partial charge is 0.476 e. The van der Waals surface area contributed by atoms with Crippen LogP contribution in [-0.4, -0.2) is 24.6 Å². The lowest BCUT2D eigenvalue weighted by atomic mass is 10.3. The average Bonchev–Trinajstić information content (AvgIpc) is 2.17. The van der Waals surface area contributed by atoms with Crippen LogP contribution in [0.25, 0.3) is 0 Å². The van der Waals surface area contributed by atoms with Crippen LogP contribution in [0.15, 0.2) is 6.20 Å².